The van der Waals surface area contributed by atoms with Crippen LogP contribution in [0.25, 0.3) is 5.76 Å². The Morgan fingerprint density at radius 2 is 1.24 bits per heavy atom. The molecule has 2 aromatic rings. The Morgan fingerprint density at radius 3 is 1.76 bits per heavy atom. The van der Waals surface area contributed by atoms with Crippen LogP contribution in [0.4, 0.5) is 0 Å². The number of hydrogen-bond acceptors (Lipinski definition) is 3. The van der Waals surface area contributed by atoms with Gasteiger partial charge in [0, 0.05) is 17.1 Å². The zero-order valence-electron chi connectivity index (χ0n) is 23.0. The zero-order chi connectivity index (χ0) is 27.2. The lowest BCUT2D eigenvalue weighted by Crippen LogP contribution is -2.30. The Morgan fingerprint density at radius 1 is 0.737 bits per heavy atom. The Labute approximate surface area is 234 Å². The molecule has 1 N–H and O–H groups in total. The Bertz CT molecular complexity index is 1030. The first-order valence-corrected chi connectivity index (χ1v) is 15.0. The number of likely N-dealkylation sites (tertiary alicyclic amines) is 1. The molecule has 1 atom stereocenters. The third-order valence-electron chi connectivity index (χ3n) is 7.53. The second kappa shape index (κ2) is 16.4. The molecule has 1 unspecified atom stereocenters. The number of hydrogen-bond donors (Lipinski definition) is 1. The summed E-state index contributed by atoms with van der Waals surface area (Å²) in [4.78, 5) is 27.8. The molecule has 1 amide bonds. The minimum Gasteiger partial charge on any atom is -0.507 e. The highest BCUT2D eigenvalue weighted by Gasteiger charge is 2.45. The maximum atomic E-state index is 13.1. The third-order valence-corrected chi connectivity index (χ3v) is 7.78. The number of unbranched alkanes of at least 4 members (excludes halogenated alkanes) is 13. The molecular formula is C33H44ClNO3. The summed E-state index contributed by atoms with van der Waals surface area (Å²) in [6.45, 7) is 2.76. The molecule has 38 heavy (non-hydrogen) atoms. The number of ketones is 1. The van der Waals surface area contributed by atoms with E-state index in [9.17, 15) is 14.7 Å². The van der Waals surface area contributed by atoms with E-state index in [0.717, 1.165) is 24.8 Å². The highest BCUT2D eigenvalue weighted by atomic mass is 35.5. The summed E-state index contributed by atoms with van der Waals surface area (Å²) in [6.07, 6.45) is 17.7. The van der Waals surface area contributed by atoms with Crippen LogP contribution in [-0.2, 0) is 9.59 Å². The molecule has 1 heterocycles. The molecule has 2 aromatic carbocycles. The highest BCUT2D eigenvalue weighted by Crippen LogP contribution is 2.39. The molecule has 0 aliphatic carbocycles. The van der Waals surface area contributed by atoms with Crippen LogP contribution in [0.5, 0.6) is 0 Å². The number of benzene rings is 2. The predicted molar refractivity (Wildman–Crippen MR) is 157 cm³/mol. The number of carbonyl (C=O) groups is 2. The first kappa shape index (κ1) is 30.0. The van der Waals surface area contributed by atoms with Gasteiger partial charge in [0.25, 0.3) is 11.7 Å². The molecule has 0 spiro atoms. The smallest absolute Gasteiger partial charge is 0.295 e. The van der Waals surface area contributed by atoms with Crippen molar-refractivity contribution >= 4 is 29.1 Å². The molecular weight excluding hydrogens is 494 g/mol. The monoisotopic (exact) mass is 537 g/mol. The summed E-state index contributed by atoms with van der Waals surface area (Å²) in [7, 11) is 0. The Balaban J connectivity index is 1.49. The maximum Gasteiger partial charge on any atom is 0.295 e. The van der Waals surface area contributed by atoms with Crippen molar-refractivity contribution in [3.8, 4) is 0 Å². The SMILES string of the molecule is CCCCCCCCCCCCCCCCN1C(=O)C(=O)/C(=C(/O)c2ccc(Cl)cc2)C1c1ccccc1. The summed E-state index contributed by atoms with van der Waals surface area (Å²) in [5, 5.41) is 11.6. The van der Waals surface area contributed by atoms with Crippen LogP contribution in [0.1, 0.15) is 114 Å². The minimum atomic E-state index is -0.628. The lowest BCUT2D eigenvalue weighted by Gasteiger charge is -2.25. The van der Waals surface area contributed by atoms with Gasteiger partial charge in [0.15, 0.2) is 0 Å². The minimum absolute atomic E-state index is 0.147. The molecule has 1 aliphatic heterocycles. The first-order chi connectivity index (χ1) is 18.5. The molecule has 0 saturated carbocycles. The molecule has 1 fully saturated rings. The maximum absolute atomic E-state index is 13.1. The van der Waals surface area contributed by atoms with E-state index >= 15 is 0 Å². The van der Waals surface area contributed by atoms with E-state index in [1.54, 1.807) is 29.2 Å². The lowest BCUT2D eigenvalue weighted by molar-refractivity contribution is -0.139. The van der Waals surface area contributed by atoms with Crippen LogP contribution >= 0.6 is 11.6 Å². The average Bonchev–Trinajstić information content (AvgIpc) is 3.18. The van der Waals surface area contributed by atoms with E-state index in [1.807, 2.05) is 30.3 Å². The topological polar surface area (TPSA) is 57.6 Å². The summed E-state index contributed by atoms with van der Waals surface area (Å²) in [5.41, 5.74) is 1.45. The van der Waals surface area contributed by atoms with Crippen molar-refractivity contribution < 1.29 is 14.7 Å². The lowest BCUT2D eigenvalue weighted by atomic mass is 9.95. The Hall–Kier alpha value is -2.59. The summed E-state index contributed by atoms with van der Waals surface area (Å²) in [5.74, 6) is -1.32. The molecule has 0 radical (unpaired) electrons. The number of rotatable bonds is 17. The van der Waals surface area contributed by atoms with Gasteiger partial charge in [-0.3, -0.25) is 9.59 Å². The van der Waals surface area contributed by atoms with Crippen LogP contribution in [0.15, 0.2) is 60.2 Å². The number of nitrogens with zero attached hydrogens (tertiary/aromatic N) is 1. The third kappa shape index (κ3) is 8.73. The average molecular weight is 538 g/mol. The van der Waals surface area contributed by atoms with E-state index in [0.29, 0.717) is 17.1 Å². The van der Waals surface area contributed by atoms with E-state index in [-0.39, 0.29) is 11.3 Å². The summed E-state index contributed by atoms with van der Waals surface area (Å²) in [6, 6.07) is 15.6. The van der Waals surface area contributed by atoms with Gasteiger partial charge in [-0.2, -0.15) is 0 Å². The summed E-state index contributed by atoms with van der Waals surface area (Å²) < 4.78 is 0. The normalized spacial score (nSPS) is 16.9. The molecule has 1 aliphatic rings. The van der Waals surface area contributed by atoms with Crippen molar-refractivity contribution in [1.82, 2.24) is 4.90 Å². The van der Waals surface area contributed by atoms with E-state index in [1.165, 1.54) is 70.6 Å². The quantitative estimate of drug-likeness (QED) is 0.0946. The van der Waals surface area contributed by atoms with Crippen molar-refractivity contribution in [3.63, 3.8) is 0 Å². The molecule has 206 valence electrons. The predicted octanol–water partition coefficient (Wildman–Crippen LogP) is 9.24. The highest BCUT2D eigenvalue weighted by molar-refractivity contribution is 6.46. The van der Waals surface area contributed by atoms with E-state index < -0.39 is 17.7 Å². The van der Waals surface area contributed by atoms with Crippen LogP contribution < -0.4 is 0 Å². The fraction of sp³-hybridized carbons (Fsp3) is 0.515. The fourth-order valence-corrected chi connectivity index (χ4v) is 5.46. The number of carbonyl (C=O) groups excluding carboxylic acids is 2. The fourth-order valence-electron chi connectivity index (χ4n) is 5.33. The van der Waals surface area contributed by atoms with Gasteiger partial charge in [0.05, 0.1) is 11.6 Å². The molecule has 5 heteroatoms. The zero-order valence-corrected chi connectivity index (χ0v) is 23.7. The van der Waals surface area contributed by atoms with Crippen LogP contribution in [0, 0.1) is 0 Å². The van der Waals surface area contributed by atoms with Gasteiger partial charge in [-0.25, -0.2) is 0 Å². The first-order valence-electron chi connectivity index (χ1n) is 14.6. The second-order valence-corrected chi connectivity index (χ2v) is 10.9. The van der Waals surface area contributed by atoms with Gasteiger partial charge in [0.1, 0.15) is 5.76 Å². The summed E-state index contributed by atoms with van der Waals surface area (Å²) >= 11 is 6.00. The van der Waals surface area contributed by atoms with Crippen LogP contribution in [-0.4, -0.2) is 28.2 Å². The van der Waals surface area contributed by atoms with Gasteiger partial charge in [0.2, 0.25) is 0 Å². The van der Waals surface area contributed by atoms with Crippen molar-refractivity contribution in [2.45, 2.75) is 103 Å². The van der Waals surface area contributed by atoms with Crippen molar-refractivity contribution in [3.05, 3.63) is 76.3 Å². The van der Waals surface area contributed by atoms with Crippen molar-refractivity contribution in [2.24, 2.45) is 0 Å². The van der Waals surface area contributed by atoms with Gasteiger partial charge < -0.3 is 10.0 Å². The molecule has 4 nitrogen and oxygen atoms in total. The number of amides is 1. The van der Waals surface area contributed by atoms with Gasteiger partial charge in [-0.05, 0) is 36.2 Å². The Kier molecular flexibility index (Phi) is 12.9. The van der Waals surface area contributed by atoms with Crippen molar-refractivity contribution in [2.75, 3.05) is 6.54 Å². The number of Topliss-reactive ketones (excluding diaryl/α,β-unsaturated/α-hetero) is 1. The molecule has 0 aromatic heterocycles. The van der Waals surface area contributed by atoms with Gasteiger partial charge in [-0.15, -0.1) is 0 Å². The number of aliphatic hydroxyl groups is 1. The van der Waals surface area contributed by atoms with E-state index in [2.05, 4.69) is 6.92 Å². The van der Waals surface area contributed by atoms with E-state index in [4.69, 9.17) is 11.6 Å². The molecule has 1 saturated heterocycles. The van der Waals surface area contributed by atoms with Gasteiger partial charge in [-0.1, -0.05) is 132 Å². The second-order valence-electron chi connectivity index (χ2n) is 10.5. The largest absolute Gasteiger partial charge is 0.507 e. The van der Waals surface area contributed by atoms with Crippen LogP contribution in [0.3, 0.4) is 0 Å². The van der Waals surface area contributed by atoms with Gasteiger partial charge >= 0.3 is 0 Å². The molecule has 0 bridgehead atoms. The van der Waals surface area contributed by atoms with Crippen molar-refractivity contribution in [1.29, 1.82) is 0 Å². The number of halogens is 1. The standard InChI is InChI=1S/C33H44ClNO3/c1-2-3-4-5-6-7-8-9-10-11-12-13-14-18-25-35-30(26-19-16-15-17-20-26)29(32(37)33(35)38)31(36)27-21-23-28(34)24-22-27/h15-17,19-24,30,36H,2-14,18,25H2,1H3/b31-29+. The van der Waals surface area contributed by atoms with Crippen LogP contribution in [0.2, 0.25) is 5.02 Å². The number of aliphatic hydroxyl groups excluding tert-OH is 1. The molecule has 3 rings (SSSR count).